The van der Waals surface area contributed by atoms with Crippen molar-refractivity contribution in [3.05, 3.63) is 23.3 Å². The molecular formula is C11H14O2. The molecule has 0 aliphatic heterocycles. The van der Waals surface area contributed by atoms with Crippen molar-refractivity contribution in [1.29, 1.82) is 0 Å². The van der Waals surface area contributed by atoms with Gasteiger partial charge in [-0.2, -0.15) is 0 Å². The van der Waals surface area contributed by atoms with Crippen LogP contribution < -0.4 is 0 Å². The Morgan fingerprint density at radius 1 is 1.08 bits per heavy atom. The third kappa shape index (κ3) is 1.94. The number of ketones is 2. The van der Waals surface area contributed by atoms with Crippen LogP contribution in [0, 0.1) is 5.41 Å². The van der Waals surface area contributed by atoms with Crippen LogP contribution in [0.1, 0.15) is 27.7 Å². The number of carbonyl (C=O) groups excluding carboxylic acids is 2. The average Bonchev–Trinajstić information content (AvgIpc) is 1.94. The van der Waals surface area contributed by atoms with Gasteiger partial charge in [-0.1, -0.05) is 26.8 Å². The van der Waals surface area contributed by atoms with Crippen molar-refractivity contribution >= 4 is 11.6 Å². The second-order valence-electron chi connectivity index (χ2n) is 4.39. The van der Waals surface area contributed by atoms with E-state index < -0.39 is 5.78 Å². The highest BCUT2D eigenvalue weighted by Gasteiger charge is 2.29. The highest BCUT2D eigenvalue weighted by Crippen LogP contribution is 2.29. The number of rotatable bonds is 0. The first kappa shape index (κ1) is 9.90. The van der Waals surface area contributed by atoms with Crippen LogP contribution in [0.15, 0.2) is 23.3 Å². The van der Waals surface area contributed by atoms with Gasteiger partial charge < -0.3 is 0 Å². The molecule has 1 rings (SSSR count). The molecule has 0 N–H and O–H groups in total. The van der Waals surface area contributed by atoms with Crippen molar-refractivity contribution in [3.8, 4) is 0 Å². The minimum absolute atomic E-state index is 0.248. The number of hydrogen-bond acceptors (Lipinski definition) is 2. The minimum atomic E-state index is -0.398. The first-order valence-electron chi connectivity index (χ1n) is 4.31. The van der Waals surface area contributed by atoms with E-state index in [-0.39, 0.29) is 11.2 Å². The zero-order valence-electron chi connectivity index (χ0n) is 8.47. The molecule has 70 valence electrons. The SMILES string of the molecule is CC1=CC(=O)C(=O)C(C(C)(C)C)=C1. The van der Waals surface area contributed by atoms with Crippen molar-refractivity contribution in [2.45, 2.75) is 27.7 Å². The quantitative estimate of drug-likeness (QED) is 0.420. The maximum Gasteiger partial charge on any atom is 0.229 e. The third-order valence-electron chi connectivity index (χ3n) is 2.01. The monoisotopic (exact) mass is 178 g/mol. The van der Waals surface area contributed by atoms with E-state index in [0.717, 1.165) is 5.57 Å². The van der Waals surface area contributed by atoms with Crippen LogP contribution in [-0.2, 0) is 9.59 Å². The molecule has 0 aromatic heterocycles. The van der Waals surface area contributed by atoms with Gasteiger partial charge in [0.25, 0.3) is 0 Å². The Balaban J connectivity index is 3.17. The zero-order valence-corrected chi connectivity index (χ0v) is 8.47. The van der Waals surface area contributed by atoms with Gasteiger partial charge in [0, 0.05) is 5.57 Å². The molecule has 13 heavy (non-hydrogen) atoms. The third-order valence-corrected chi connectivity index (χ3v) is 2.01. The van der Waals surface area contributed by atoms with E-state index in [1.165, 1.54) is 6.08 Å². The summed E-state index contributed by atoms with van der Waals surface area (Å²) >= 11 is 0. The summed E-state index contributed by atoms with van der Waals surface area (Å²) in [6, 6.07) is 0. The molecule has 2 nitrogen and oxygen atoms in total. The van der Waals surface area contributed by atoms with Crippen LogP contribution >= 0.6 is 0 Å². The lowest BCUT2D eigenvalue weighted by Gasteiger charge is -2.23. The summed E-state index contributed by atoms with van der Waals surface area (Å²) in [5, 5.41) is 0. The standard InChI is InChI=1S/C11H14O2/c1-7-5-8(11(2,3)4)10(13)9(12)6-7/h5-6H,1-4H3. The topological polar surface area (TPSA) is 34.1 Å². The van der Waals surface area contributed by atoms with Gasteiger partial charge in [-0.15, -0.1) is 0 Å². The largest absolute Gasteiger partial charge is 0.286 e. The lowest BCUT2D eigenvalue weighted by Crippen LogP contribution is -2.26. The van der Waals surface area contributed by atoms with Gasteiger partial charge in [0.15, 0.2) is 0 Å². The fraction of sp³-hybridized carbons (Fsp3) is 0.455. The molecule has 0 spiro atoms. The zero-order chi connectivity index (χ0) is 10.2. The predicted molar refractivity (Wildman–Crippen MR) is 51.3 cm³/mol. The predicted octanol–water partition coefficient (Wildman–Crippen LogP) is 2.06. The Morgan fingerprint density at radius 2 is 1.62 bits per heavy atom. The van der Waals surface area contributed by atoms with Crippen LogP contribution in [0.25, 0.3) is 0 Å². The molecule has 0 aromatic carbocycles. The van der Waals surface area contributed by atoms with Gasteiger partial charge in [-0.25, -0.2) is 0 Å². The maximum atomic E-state index is 11.5. The lowest BCUT2D eigenvalue weighted by molar-refractivity contribution is -0.132. The summed E-state index contributed by atoms with van der Waals surface area (Å²) in [7, 11) is 0. The van der Waals surface area contributed by atoms with E-state index in [1.54, 1.807) is 6.08 Å². The molecule has 0 heterocycles. The Hall–Kier alpha value is -1.18. The van der Waals surface area contributed by atoms with Crippen molar-refractivity contribution in [2.75, 3.05) is 0 Å². The second-order valence-corrected chi connectivity index (χ2v) is 4.39. The first-order valence-corrected chi connectivity index (χ1v) is 4.31. The van der Waals surface area contributed by atoms with E-state index in [0.29, 0.717) is 5.57 Å². The molecule has 0 amide bonds. The Kier molecular flexibility index (Phi) is 2.24. The van der Waals surface area contributed by atoms with Gasteiger partial charge in [0.05, 0.1) is 0 Å². The number of hydrogen-bond donors (Lipinski definition) is 0. The Labute approximate surface area is 78.3 Å². The van der Waals surface area contributed by atoms with Gasteiger partial charge in [0.1, 0.15) is 0 Å². The molecule has 0 aromatic rings. The van der Waals surface area contributed by atoms with Crippen LogP contribution in [-0.4, -0.2) is 11.6 Å². The van der Waals surface area contributed by atoms with Crippen LogP contribution in [0.3, 0.4) is 0 Å². The molecule has 0 fully saturated rings. The first-order chi connectivity index (χ1) is 5.82. The highest BCUT2D eigenvalue weighted by atomic mass is 16.2. The molecule has 0 saturated carbocycles. The molecule has 0 radical (unpaired) electrons. The molecule has 1 aliphatic rings. The molecule has 0 saturated heterocycles. The van der Waals surface area contributed by atoms with E-state index in [2.05, 4.69) is 0 Å². The average molecular weight is 178 g/mol. The molecule has 0 atom stereocenters. The van der Waals surface area contributed by atoms with Crippen LogP contribution in [0.4, 0.5) is 0 Å². The van der Waals surface area contributed by atoms with E-state index >= 15 is 0 Å². The van der Waals surface area contributed by atoms with Gasteiger partial charge >= 0.3 is 0 Å². The highest BCUT2D eigenvalue weighted by molar-refractivity contribution is 6.48. The summed E-state index contributed by atoms with van der Waals surface area (Å²) in [5.41, 5.74) is 1.22. The smallest absolute Gasteiger partial charge is 0.229 e. The van der Waals surface area contributed by atoms with Crippen LogP contribution in [0.2, 0.25) is 0 Å². The van der Waals surface area contributed by atoms with E-state index in [1.807, 2.05) is 27.7 Å². The van der Waals surface area contributed by atoms with Crippen molar-refractivity contribution in [2.24, 2.45) is 5.41 Å². The molecule has 1 aliphatic carbocycles. The summed E-state index contributed by atoms with van der Waals surface area (Å²) in [4.78, 5) is 22.6. The summed E-state index contributed by atoms with van der Waals surface area (Å²) < 4.78 is 0. The van der Waals surface area contributed by atoms with Gasteiger partial charge in [-0.05, 0) is 24.0 Å². The molecule has 2 heteroatoms. The van der Waals surface area contributed by atoms with Gasteiger partial charge in [0.2, 0.25) is 11.6 Å². The normalized spacial score (nSPS) is 18.5. The summed E-state index contributed by atoms with van der Waals surface area (Å²) in [5.74, 6) is -0.761. The number of carbonyl (C=O) groups is 2. The molecular weight excluding hydrogens is 164 g/mol. The minimum Gasteiger partial charge on any atom is -0.286 e. The number of Topliss-reactive ketones (excluding diaryl/α,β-unsaturated/α-hetero) is 1. The molecule has 0 unspecified atom stereocenters. The van der Waals surface area contributed by atoms with Crippen molar-refractivity contribution in [3.63, 3.8) is 0 Å². The lowest BCUT2D eigenvalue weighted by atomic mass is 9.79. The Morgan fingerprint density at radius 3 is 2.08 bits per heavy atom. The summed E-state index contributed by atoms with van der Waals surface area (Å²) in [6.45, 7) is 7.63. The van der Waals surface area contributed by atoms with Crippen LogP contribution in [0.5, 0.6) is 0 Å². The molecule has 0 bridgehead atoms. The number of allylic oxidation sites excluding steroid dienone is 4. The fourth-order valence-electron chi connectivity index (χ4n) is 1.30. The van der Waals surface area contributed by atoms with Crippen molar-refractivity contribution in [1.82, 2.24) is 0 Å². The maximum absolute atomic E-state index is 11.5. The van der Waals surface area contributed by atoms with E-state index in [9.17, 15) is 9.59 Å². The van der Waals surface area contributed by atoms with Crippen molar-refractivity contribution < 1.29 is 9.59 Å². The second kappa shape index (κ2) is 2.95. The fourth-order valence-corrected chi connectivity index (χ4v) is 1.30. The van der Waals surface area contributed by atoms with Gasteiger partial charge in [-0.3, -0.25) is 9.59 Å². The Bertz CT molecular complexity index is 324. The van der Waals surface area contributed by atoms with E-state index in [4.69, 9.17) is 0 Å². The summed E-state index contributed by atoms with van der Waals surface area (Å²) in [6.07, 6.45) is 3.18.